The maximum Gasteiger partial charge on any atom is 0.323 e. The van der Waals surface area contributed by atoms with E-state index in [0.29, 0.717) is 23.5 Å². The van der Waals surface area contributed by atoms with Crippen LogP contribution in [0.5, 0.6) is 0 Å². The van der Waals surface area contributed by atoms with Crippen LogP contribution in [0.15, 0.2) is 59.5 Å². The molecule has 0 bridgehead atoms. The molecule has 134 valence electrons. The summed E-state index contributed by atoms with van der Waals surface area (Å²) < 4.78 is 1.66. The number of pyridine rings is 1. The zero-order chi connectivity index (χ0) is 18.7. The summed E-state index contributed by atoms with van der Waals surface area (Å²) in [5.41, 5.74) is 2.37. The highest BCUT2D eigenvalue weighted by molar-refractivity contribution is 6.05. The zero-order valence-corrected chi connectivity index (χ0v) is 15.2. The van der Waals surface area contributed by atoms with E-state index in [9.17, 15) is 9.59 Å². The Morgan fingerprint density at radius 1 is 1.04 bits per heavy atom. The number of fused-ring (bicyclic) bond motifs is 1. The maximum atomic E-state index is 12.7. The molecule has 5 nitrogen and oxygen atoms in total. The SMILES string of the molecule is Cc1cccc(NC(=O)Nc2cn(CC(C)C)c(=O)c3ccccc23)c1. The molecule has 3 aromatic rings. The molecule has 0 saturated heterocycles. The monoisotopic (exact) mass is 349 g/mol. The number of hydrogen-bond donors (Lipinski definition) is 2. The van der Waals surface area contributed by atoms with Crippen molar-refractivity contribution in [1.29, 1.82) is 0 Å². The lowest BCUT2D eigenvalue weighted by Gasteiger charge is -2.15. The van der Waals surface area contributed by atoms with Crippen LogP contribution in [-0.4, -0.2) is 10.6 Å². The number of urea groups is 1. The smallest absolute Gasteiger partial charge is 0.313 e. The molecule has 0 aliphatic rings. The van der Waals surface area contributed by atoms with Gasteiger partial charge in [0.25, 0.3) is 5.56 Å². The quantitative estimate of drug-likeness (QED) is 0.722. The molecule has 5 heteroatoms. The fourth-order valence-electron chi connectivity index (χ4n) is 2.98. The topological polar surface area (TPSA) is 63.1 Å². The number of nitrogens with one attached hydrogen (secondary N) is 2. The van der Waals surface area contributed by atoms with Crippen molar-refractivity contribution in [3.8, 4) is 0 Å². The van der Waals surface area contributed by atoms with Crippen molar-refractivity contribution in [2.45, 2.75) is 27.3 Å². The second-order valence-electron chi connectivity index (χ2n) is 6.89. The lowest BCUT2D eigenvalue weighted by atomic mass is 10.1. The van der Waals surface area contributed by atoms with Gasteiger partial charge in [0, 0.05) is 29.2 Å². The average molecular weight is 349 g/mol. The predicted molar refractivity (Wildman–Crippen MR) is 107 cm³/mol. The van der Waals surface area contributed by atoms with Crippen LogP contribution in [0.1, 0.15) is 19.4 Å². The number of nitrogens with zero attached hydrogens (tertiary/aromatic N) is 1. The highest BCUT2D eigenvalue weighted by Crippen LogP contribution is 2.21. The van der Waals surface area contributed by atoms with E-state index in [1.807, 2.05) is 49.4 Å². The van der Waals surface area contributed by atoms with Gasteiger partial charge in [-0.3, -0.25) is 4.79 Å². The van der Waals surface area contributed by atoms with E-state index < -0.39 is 0 Å². The fourth-order valence-corrected chi connectivity index (χ4v) is 2.98. The van der Waals surface area contributed by atoms with Crippen molar-refractivity contribution in [2.75, 3.05) is 10.6 Å². The molecule has 2 aromatic carbocycles. The van der Waals surface area contributed by atoms with Crippen LogP contribution in [0.4, 0.5) is 16.2 Å². The van der Waals surface area contributed by atoms with Gasteiger partial charge in [0.1, 0.15) is 0 Å². The molecule has 0 unspecified atom stereocenters. The van der Waals surface area contributed by atoms with Gasteiger partial charge >= 0.3 is 6.03 Å². The van der Waals surface area contributed by atoms with E-state index >= 15 is 0 Å². The van der Waals surface area contributed by atoms with Crippen molar-refractivity contribution in [3.05, 3.63) is 70.6 Å². The van der Waals surface area contributed by atoms with Crippen molar-refractivity contribution < 1.29 is 4.79 Å². The van der Waals surface area contributed by atoms with Gasteiger partial charge in [0.2, 0.25) is 0 Å². The lowest BCUT2D eigenvalue weighted by Crippen LogP contribution is -2.25. The third kappa shape index (κ3) is 3.94. The van der Waals surface area contributed by atoms with Gasteiger partial charge in [-0.15, -0.1) is 0 Å². The van der Waals surface area contributed by atoms with Crippen LogP contribution >= 0.6 is 0 Å². The van der Waals surface area contributed by atoms with E-state index in [2.05, 4.69) is 24.5 Å². The average Bonchev–Trinajstić information content (AvgIpc) is 2.58. The number of rotatable bonds is 4. The Morgan fingerprint density at radius 3 is 2.46 bits per heavy atom. The normalized spacial score (nSPS) is 10.9. The molecule has 1 aromatic heterocycles. The van der Waals surface area contributed by atoms with E-state index in [-0.39, 0.29) is 11.6 Å². The van der Waals surface area contributed by atoms with Gasteiger partial charge in [-0.1, -0.05) is 44.2 Å². The molecular weight excluding hydrogens is 326 g/mol. The van der Waals surface area contributed by atoms with E-state index in [1.54, 1.807) is 16.8 Å². The summed E-state index contributed by atoms with van der Waals surface area (Å²) in [6.45, 7) is 6.68. The van der Waals surface area contributed by atoms with E-state index in [4.69, 9.17) is 0 Å². The number of carbonyl (C=O) groups excluding carboxylic acids is 1. The van der Waals surface area contributed by atoms with Gasteiger partial charge in [-0.25, -0.2) is 4.79 Å². The molecule has 0 spiro atoms. The highest BCUT2D eigenvalue weighted by Gasteiger charge is 2.12. The molecule has 1 heterocycles. The second-order valence-corrected chi connectivity index (χ2v) is 6.89. The van der Waals surface area contributed by atoms with Gasteiger partial charge in [0.05, 0.1) is 5.69 Å². The number of anilines is 2. The summed E-state index contributed by atoms with van der Waals surface area (Å²) >= 11 is 0. The third-order valence-corrected chi connectivity index (χ3v) is 4.08. The number of benzene rings is 2. The Morgan fingerprint density at radius 2 is 1.77 bits per heavy atom. The molecule has 2 amide bonds. The molecule has 26 heavy (non-hydrogen) atoms. The van der Waals surface area contributed by atoms with Gasteiger partial charge in [-0.05, 0) is 36.6 Å². The Kier molecular flexibility index (Phi) is 5.07. The Hall–Kier alpha value is -3.08. The predicted octanol–water partition coefficient (Wildman–Crippen LogP) is 4.61. The fraction of sp³-hybridized carbons (Fsp3) is 0.238. The van der Waals surface area contributed by atoms with Crippen LogP contribution in [-0.2, 0) is 6.54 Å². The minimum Gasteiger partial charge on any atom is -0.313 e. The molecule has 0 atom stereocenters. The summed E-state index contributed by atoms with van der Waals surface area (Å²) in [6, 6.07) is 14.6. The van der Waals surface area contributed by atoms with Crippen molar-refractivity contribution in [2.24, 2.45) is 5.92 Å². The van der Waals surface area contributed by atoms with Crippen LogP contribution in [0.3, 0.4) is 0 Å². The summed E-state index contributed by atoms with van der Waals surface area (Å²) in [4.78, 5) is 25.1. The van der Waals surface area contributed by atoms with Crippen LogP contribution in [0.2, 0.25) is 0 Å². The molecule has 0 fully saturated rings. The first-order valence-corrected chi connectivity index (χ1v) is 8.71. The summed E-state index contributed by atoms with van der Waals surface area (Å²) in [5.74, 6) is 0.322. The number of aryl methyl sites for hydroxylation is 1. The molecule has 0 radical (unpaired) electrons. The maximum absolute atomic E-state index is 12.7. The Balaban J connectivity index is 1.94. The van der Waals surface area contributed by atoms with E-state index in [1.165, 1.54) is 0 Å². The van der Waals surface area contributed by atoms with Crippen LogP contribution < -0.4 is 16.2 Å². The first-order valence-electron chi connectivity index (χ1n) is 8.71. The lowest BCUT2D eigenvalue weighted by molar-refractivity contribution is 0.262. The summed E-state index contributed by atoms with van der Waals surface area (Å²) in [7, 11) is 0. The number of amides is 2. The van der Waals surface area contributed by atoms with Crippen LogP contribution in [0, 0.1) is 12.8 Å². The first kappa shape index (κ1) is 17.7. The number of aromatic nitrogens is 1. The highest BCUT2D eigenvalue weighted by atomic mass is 16.2. The minimum absolute atomic E-state index is 0.0426. The van der Waals surface area contributed by atoms with Crippen molar-refractivity contribution >= 4 is 28.2 Å². The molecule has 0 aliphatic heterocycles. The summed E-state index contributed by atoms with van der Waals surface area (Å²) in [5, 5.41) is 7.05. The standard InChI is InChI=1S/C21H23N3O2/c1-14(2)12-24-13-19(17-9-4-5-10-18(17)20(24)25)23-21(26)22-16-8-6-7-15(3)11-16/h4-11,13-14H,12H2,1-3H3,(H2,22,23,26). The van der Waals surface area contributed by atoms with Crippen LogP contribution in [0.25, 0.3) is 10.8 Å². The van der Waals surface area contributed by atoms with Crippen molar-refractivity contribution in [1.82, 2.24) is 4.57 Å². The van der Waals surface area contributed by atoms with Gasteiger partial charge in [0.15, 0.2) is 0 Å². The second kappa shape index (κ2) is 7.44. The molecule has 3 rings (SSSR count). The van der Waals surface area contributed by atoms with E-state index in [0.717, 1.165) is 16.6 Å². The Labute approximate surface area is 152 Å². The molecular formula is C21H23N3O2. The molecule has 0 aliphatic carbocycles. The summed E-state index contributed by atoms with van der Waals surface area (Å²) in [6.07, 6.45) is 1.72. The molecule has 0 saturated carbocycles. The molecule has 2 N–H and O–H groups in total. The van der Waals surface area contributed by atoms with Gasteiger partial charge in [-0.2, -0.15) is 0 Å². The third-order valence-electron chi connectivity index (χ3n) is 4.08. The zero-order valence-electron chi connectivity index (χ0n) is 15.2. The Bertz CT molecular complexity index is 1010. The van der Waals surface area contributed by atoms with Crippen molar-refractivity contribution in [3.63, 3.8) is 0 Å². The first-order chi connectivity index (χ1) is 12.4. The number of hydrogen-bond acceptors (Lipinski definition) is 2. The van der Waals surface area contributed by atoms with Gasteiger partial charge < -0.3 is 15.2 Å². The minimum atomic E-state index is -0.338. The largest absolute Gasteiger partial charge is 0.323 e. The number of carbonyl (C=O) groups is 1.